The van der Waals surface area contributed by atoms with E-state index in [0.29, 0.717) is 0 Å². The summed E-state index contributed by atoms with van der Waals surface area (Å²) in [6, 6.07) is 5.41. The molecule has 1 saturated carbocycles. The number of hydrogen-bond acceptors (Lipinski definition) is 7. The average Bonchev–Trinajstić information content (AvgIpc) is 2.70. The third kappa shape index (κ3) is 3.98. The molecule has 0 bridgehead atoms. The first kappa shape index (κ1) is 20.5. The first-order chi connectivity index (χ1) is 13.8. The zero-order chi connectivity index (χ0) is 21.1. The number of aromatic hydroxyl groups is 1. The van der Waals surface area contributed by atoms with E-state index in [4.69, 9.17) is 11.6 Å². The maximum Gasteiger partial charge on any atom is 0.281 e. The highest BCUT2D eigenvalue weighted by atomic mass is 35.5. The van der Waals surface area contributed by atoms with Gasteiger partial charge < -0.3 is 5.11 Å². The van der Waals surface area contributed by atoms with Crippen LogP contribution in [0.3, 0.4) is 0 Å². The molecule has 29 heavy (non-hydrogen) atoms. The van der Waals surface area contributed by atoms with Crippen LogP contribution in [0.5, 0.6) is 5.88 Å². The second-order valence-corrected chi connectivity index (χ2v) is 7.25. The Bertz CT molecular complexity index is 1100. The number of pyridine rings is 1. The molecule has 1 fully saturated rings. The van der Waals surface area contributed by atoms with Gasteiger partial charge in [0.1, 0.15) is 17.3 Å². The lowest BCUT2D eigenvalue weighted by Crippen LogP contribution is -2.27. The Balaban J connectivity index is 2.10. The Morgan fingerprint density at radius 3 is 2.59 bits per heavy atom. The maximum absolute atomic E-state index is 13.0. The lowest BCUT2D eigenvalue weighted by molar-refractivity contribution is -0.384. The summed E-state index contributed by atoms with van der Waals surface area (Å²) in [4.78, 5) is 23.3. The van der Waals surface area contributed by atoms with Crippen molar-refractivity contribution >= 4 is 28.7 Å². The number of aromatic nitrogens is 1. The van der Waals surface area contributed by atoms with Gasteiger partial charge in [0.2, 0.25) is 5.88 Å². The molecule has 1 aromatic heterocycles. The Hall–Kier alpha value is -3.25. The summed E-state index contributed by atoms with van der Waals surface area (Å²) < 4.78 is 1.23. The van der Waals surface area contributed by atoms with Crippen molar-refractivity contribution in [2.75, 3.05) is 0 Å². The van der Waals surface area contributed by atoms with Gasteiger partial charge in [-0.25, -0.2) is 0 Å². The normalized spacial score (nSPS) is 14.8. The van der Waals surface area contributed by atoms with Crippen LogP contribution in [0.25, 0.3) is 0 Å². The van der Waals surface area contributed by atoms with E-state index in [1.54, 1.807) is 0 Å². The zero-order valence-electron chi connectivity index (χ0n) is 15.6. The number of rotatable bonds is 4. The van der Waals surface area contributed by atoms with E-state index in [2.05, 4.69) is 10.2 Å². The molecule has 1 aliphatic rings. The van der Waals surface area contributed by atoms with E-state index in [1.807, 2.05) is 6.07 Å². The number of benzene rings is 1. The predicted octanol–water partition coefficient (Wildman–Crippen LogP) is 5.22. The topological polar surface area (TPSA) is 134 Å². The number of azo groups is 1. The number of hydrogen-bond donors (Lipinski definition) is 1. The van der Waals surface area contributed by atoms with E-state index in [-0.39, 0.29) is 45.1 Å². The number of non-ortho nitro benzene ring substituents is 1. The highest BCUT2D eigenvalue weighted by Gasteiger charge is 2.25. The van der Waals surface area contributed by atoms with Crippen molar-refractivity contribution in [1.82, 2.24) is 4.57 Å². The van der Waals surface area contributed by atoms with Crippen LogP contribution in [0.4, 0.5) is 17.1 Å². The number of nitriles is 1. The van der Waals surface area contributed by atoms with Crippen LogP contribution in [-0.2, 0) is 0 Å². The third-order valence-corrected chi connectivity index (χ3v) is 5.36. The van der Waals surface area contributed by atoms with Gasteiger partial charge in [-0.1, -0.05) is 30.9 Å². The van der Waals surface area contributed by atoms with Crippen LogP contribution in [0, 0.1) is 28.4 Å². The number of nitro groups is 1. The summed E-state index contributed by atoms with van der Waals surface area (Å²) in [7, 11) is 0. The van der Waals surface area contributed by atoms with Crippen LogP contribution < -0.4 is 5.56 Å². The van der Waals surface area contributed by atoms with Crippen LogP contribution in [0.1, 0.15) is 49.3 Å². The van der Waals surface area contributed by atoms with E-state index < -0.39 is 10.5 Å². The van der Waals surface area contributed by atoms with Gasteiger partial charge in [-0.15, -0.1) is 10.2 Å². The summed E-state index contributed by atoms with van der Waals surface area (Å²) in [5.41, 5.74) is -0.470. The molecule has 0 saturated heterocycles. The number of nitrogens with zero attached hydrogens (tertiary/aromatic N) is 5. The minimum absolute atomic E-state index is 0.00694. The molecule has 3 rings (SSSR count). The van der Waals surface area contributed by atoms with Gasteiger partial charge in [0, 0.05) is 23.7 Å². The summed E-state index contributed by atoms with van der Waals surface area (Å²) in [5.74, 6) is -0.353. The molecule has 0 spiro atoms. The SMILES string of the molecule is Cc1c(C#N)c(O)n(C2CCCCC2)c(=O)c1N=Nc1ccc([N+](=O)[O-])cc1Cl. The summed E-state index contributed by atoms with van der Waals surface area (Å²) >= 11 is 6.02. The number of halogens is 1. The van der Waals surface area contributed by atoms with Gasteiger partial charge in [-0.3, -0.25) is 19.5 Å². The van der Waals surface area contributed by atoms with Gasteiger partial charge in [0.05, 0.1) is 9.95 Å². The molecular weight excluding hydrogens is 398 g/mol. The van der Waals surface area contributed by atoms with Gasteiger partial charge in [-0.2, -0.15) is 5.26 Å². The van der Waals surface area contributed by atoms with Crippen molar-refractivity contribution in [1.29, 1.82) is 5.26 Å². The largest absolute Gasteiger partial charge is 0.493 e. The van der Waals surface area contributed by atoms with Gasteiger partial charge in [0.25, 0.3) is 11.2 Å². The first-order valence-electron chi connectivity index (χ1n) is 9.09. The molecule has 2 aromatic rings. The minimum atomic E-state index is -0.584. The molecule has 1 aliphatic carbocycles. The van der Waals surface area contributed by atoms with Crippen molar-refractivity contribution < 1.29 is 10.0 Å². The van der Waals surface area contributed by atoms with Crippen LogP contribution >= 0.6 is 11.6 Å². The molecule has 0 atom stereocenters. The highest BCUT2D eigenvalue weighted by molar-refractivity contribution is 6.33. The van der Waals surface area contributed by atoms with E-state index in [0.717, 1.165) is 38.2 Å². The Kier molecular flexibility index (Phi) is 5.94. The Morgan fingerprint density at radius 1 is 1.31 bits per heavy atom. The second kappa shape index (κ2) is 8.41. The Labute approximate surface area is 171 Å². The molecule has 1 N–H and O–H groups in total. The average molecular weight is 416 g/mol. The minimum Gasteiger partial charge on any atom is -0.493 e. The zero-order valence-corrected chi connectivity index (χ0v) is 16.4. The van der Waals surface area contributed by atoms with Crippen molar-refractivity contribution in [3.05, 3.63) is 54.8 Å². The molecular formula is C19H18ClN5O4. The van der Waals surface area contributed by atoms with Crippen molar-refractivity contribution in [2.45, 2.75) is 45.1 Å². The summed E-state index contributed by atoms with van der Waals surface area (Å²) in [6.45, 7) is 1.51. The lowest BCUT2D eigenvalue weighted by Gasteiger charge is -2.25. The van der Waals surface area contributed by atoms with E-state index in [9.17, 15) is 25.3 Å². The lowest BCUT2D eigenvalue weighted by atomic mass is 9.94. The van der Waals surface area contributed by atoms with Gasteiger partial charge >= 0.3 is 0 Å². The maximum atomic E-state index is 13.0. The van der Waals surface area contributed by atoms with Gasteiger partial charge in [-0.05, 0) is 25.8 Å². The fraction of sp³-hybridized carbons (Fsp3) is 0.368. The molecule has 10 heteroatoms. The summed E-state index contributed by atoms with van der Waals surface area (Å²) in [6.07, 6.45) is 4.38. The molecule has 9 nitrogen and oxygen atoms in total. The summed E-state index contributed by atoms with van der Waals surface area (Å²) in [5, 5.41) is 38.8. The third-order valence-electron chi connectivity index (χ3n) is 5.05. The van der Waals surface area contributed by atoms with E-state index >= 15 is 0 Å². The Morgan fingerprint density at radius 2 is 2.00 bits per heavy atom. The molecule has 150 valence electrons. The van der Waals surface area contributed by atoms with Crippen molar-refractivity contribution in [3.63, 3.8) is 0 Å². The first-order valence-corrected chi connectivity index (χ1v) is 9.46. The predicted molar refractivity (Wildman–Crippen MR) is 106 cm³/mol. The van der Waals surface area contributed by atoms with Crippen LogP contribution in [0.2, 0.25) is 5.02 Å². The molecule has 0 radical (unpaired) electrons. The smallest absolute Gasteiger partial charge is 0.281 e. The quantitative estimate of drug-likeness (QED) is 0.415. The molecule has 1 heterocycles. The fourth-order valence-corrected chi connectivity index (χ4v) is 3.71. The van der Waals surface area contributed by atoms with Crippen LogP contribution in [-0.4, -0.2) is 14.6 Å². The molecule has 0 amide bonds. The van der Waals surface area contributed by atoms with Crippen molar-refractivity contribution in [3.8, 4) is 11.9 Å². The van der Waals surface area contributed by atoms with Crippen LogP contribution in [0.15, 0.2) is 33.2 Å². The monoisotopic (exact) mass is 415 g/mol. The second-order valence-electron chi connectivity index (χ2n) is 6.84. The standard InChI is InChI=1S/C19H18ClN5O4/c1-11-14(10-21)18(26)24(12-5-3-2-4-6-12)19(27)17(11)23-22-16-8-7-13(25(28)29)9-15(16)20/h7-9,12,26H,2-6H2,1H3. The fourth-order valence-electron chi connectivity index (χ4n) is 3.50. The highest BCUT2D eigenvalue weighted by Crippen LogP contribution is 2.35. The molecule has 0 unspecified atom stereocenters. The van der Waals surface area contributed by atoms with Crippen molar-refractivity contribution in [2.24, 2.45) is 10.2 Å². The molecule has 0 aliphatic heterocycles. The van der Waals surface area contributed by atoms with Gasteiger partial charge in [0.15, 0.2) is 5.69 Å². The molecule has 1 aromatic carbocycles. The van der Waals surface area contributed by atoms with E-state index in [1.165, 1.54) is 23.6 Å². The number of nitro benzene ring substituents is 1.